The number of ether oxygens (including phenoxy) is 3. The van der Waals surface area contributed by atoms with Crippen molar-refractivity contribution in [1.82, 2.24) is 10.6 Å². The number of benzene rings is 1. The van der Waals surface area contributed by atoms with Crippen LogP contribution >= 0.6 is 24.0 Å². The molecule has 0 spiro atoms. The Morgan fingerprint density at radius 2 is 2.10 bits per heavy atom. The van der Waals surface area contributed by atoms with Crippen LogP contribution in [0.15, 0.2) is 29.3 Å². The van der Waals surface area contributed by atoms with Gasteiger partial charge in [0.05, 0.1) is 0 Å². The van der Waals surface area contributed by atoms with Crippen molar-refractivity contribution in [3.05, 3.63) is 29.8 Å². The van der Waals surface area contributed by atoms with Gasteiger partial charge in [0.1, 0.15) is 5.75 Å². The van der Waals surface area contributed by atoms with E-state index in [-0.39, 0.29) is 30.6 Å². The summed E-state index contributed by atoms with van der Waals surface area (Å²) in [6.07, 6.45) is 3.12. The fourth-order valence-corrected chi connectivity index (χ4v) is 2.85. The molecule has 0 aliphatic carbocycles. The molecule has 2 rings (SSSR count). The number of guanidine groups is 1. The molecule has 0 radical (unpaired) electrons. The summed E-state index contributed by atoms with van der Waals surface area (Å²) in [7, 11) is 1.74. The van der Waals surface area contributed by atoms with Crippen LogP contribution in [-0.2, 0) is 20.8 Å². The number of rotatable bonds is 11. The van der Waals surface area contributed by atoms with Gasteiger partial charge in [0, 0.05) is 46.6 Å². The topological polar surface area (TPSA) is 107 Å². The van der Waals surface area contributed by atoms with Crippen molar-refractivity contribution in [2.24, 2.45) is 16.6 Å². The molecule has 8 nitrogen and oxygen atoms in total. The van der Waals surface area contributed by atoms with Crippen molar-refractivity contribution in [2.75, 3.05) is 46.6 Å². The van der Waals surface area contributed by atoms with Crippen molar-refractivity contribution in [3.63, 3.8) is 0 Å². The molecule has 0 atom stereocenters. The molecule has 1 aliphatic heterocycles. The van der Waals surface area contributed by atoms with Crippen molar-refractivity contribution >= 4 is 35.8 Å². The minimum absolute atomic E-state index is 0. The average molecular weight is 520 g/mol. The standard InChI is InChI=1S/C20H32N4O4.HI/c1-22-20(23-8-3-9-27-14-16-6-10-26-11-7-16)24-13-17-4-2-5-18(12-17)28-15-19(21)25;/h2,4-5,12,16H,3,6-11,13-15H2,1H3,(H2,21,25)(H2,22,23,24);1H. The highest BCUT2D eigenvalue weighted by Crippen LogP contribution is 2.15. The Hall–Kier alpha value is -1.59. The van der Waals surface area contributed by atoms with Crippen LogP contribution in [0.25, 0.3) is 0 Å². The molecule has 29 heavy (non-hydrogen) atoms. The van der Waals surface area contributed by atoms with Gasteiger partial charge in [-0.1, -0.05) is 12.1 Å². The number of amides is 1. The van der Waals surface area contributed by atoms with Crippen LogP contribution in [0, 0.1) is 5.92 Å². The lowest BCUT2D eigenvalue weighted by Gasteiger charge is -2.21. The lowest BCUT2D eigenvalue weighted by Crippen LogP contribution is -2.37. The SMILES string of the molecule is CN=C(NCCCOCC1CCOCC1)NCc1cccc(OCC(N)=O)c1.I. The van der Waals surface area contributed by atoms with Gasteiger partial charge in [0.25, 0.3) is 5.91 Å². The third-order valence-electron chi connectivity index (χ3n) is 4.42. The molecule has 9 heteroatoms. The Bertz CT molecular complexity index is 624. The van der Waals surface area contributed by atoms with Gasteiger partial charge in [-0.2, -0.15) is 0 Å². The summed E-state index contributed by atoms with van der Waals surface area (Å²) in [4.78, 5) is 15.0. The van der Waals surface area contributed by atoms with E-state index in [2.05, 4.69) is 15.6 Å². The highest BCUT2D eigenvalue weighted by Gasteiger charge is 2.13. The lowest BCUT2D eigenvalue weighted by molar-refractivity contribution is -0.119. The predicted octanol–water partition coefficient (Wildman–Crippen LogP) is 1.67. The molecule has 0 bridgehead atoms. The zero-order chi connectivity index (χ0) is 20.0. The third kappa shape index (κ3) is 11.2. The maximum absolute atomic E-state index is 10.8. The number of primary amides is 1. The van der Waals surface area contributed by atoms with E-state index in [0.717, 1.165) is 63.8 Å². The summed E-state index contributed by atoms with van der Waals surface area (Å²) >= 11 is 0. The summed E-state index contributed by atoms with van der Waals surface area (Å²) in [5.41, 5.74) is 6.11. The van der Waals surface area contributed by atoms with E-state index in [1.807, 2.05) is 18.2 Å². The van der Waals surface area contributed by atoms with E-state index in [1.165, 1.54) is 0 Å². The third-order valence-corrected chi connectivity index (χ3v) is 4.42. The van der Waals surface area contributed by atoms with Crippen molar-refractivity contribution in [1.29, 1.82) is 0 Å². The second-order valence-corrected chi connectivity index (χ2v) is 6.74. The number of carbonyl (C=O) groups excluding carboxylic acids is 1. The summed E-state index contributed by atoms with van der Waals surface area (Å²) in [5, 5.41) is 6.54. The molecule has 0 saturated carbocycles. The molecule has 1 saturated heterocycles. The second kappa shape index (κ2) is 15.3. The van der Waals surface area contributed by atoms with Gasteiger partial charge in [0.15, 0.2) is 12.6 Å². The molecule has 1 amide bonds. The molecule has 1 heterocycles. The molecule has 164 valence electrons. The van der Waals surface area contributed by atoms with Gasteiger partial charge < -0.3 is 30.6 Å². The molecule has 4 N–H and O–H groups in total. The zero-order valence-corrected chi connectivity index (χ0v) is 19.4. The van der Waals surface area contributed by atoms with E-state index < -0.39 is 5.91 Å². The van der Waals surface area contributed by atoms with Gasteiger partial charge in [-0.25, -0.2) is 0 Å². The lowest BCUT2D eigenvalue weighted by atomic mass is 10.0. The number of carbonyl (C=O) groups is 1. The Morgan fingerprint density at radius 3 is 2.83 bits per heavy atom. The summed E-state index contributed by atoms with van der Waals surface area (Å²) in [6.45, 7) is 4.53. The molecule has 0 unspecified atom stereocenters. The second-order valence-electron chi connectivity index (χ2n) is 6.74. The highest BCUT2D eigenvalue weighted by molar-refractivity contribution is 14.0. The number of nitrogens with one attached hydrogen (secondary N) is 2. The van der Waals surface area contributed by atoms with Gasteiger partial charge in [-0.05, 0) is 42.9 Å². The average Bonchev–Trinajstić information content (AvgIpc) is 2.72. The number of aliphatic imine (C=N–C) groups is 1. The van der Waals surface area contributed by atoms with Crippen LogP contribution in [0.5, 0.6) is 5.75 Å². The summed E-state index contributed by atoms with van der Waals surface area (Å²) in [5.74, 6) is 1.49. The maximum Gasteiger partial charge on any atom is 0.255 e. The Morgan fingerprint density at radius 1 is 1.31 bits per heavy atom. The monoisotopic (exact) mass is 520 g/mol. The van der Waals surface area contributed by atoms with Crippen LogP contribution in [0.2, 0.25) is 0 Å². The Kier molecular flexibility index (Phi) is 13.4. The smallest absolute Gasteiger partial charge is 0.255 e. The van der Waals surface area contributed by atoms with E-state index in [0.29, 0.717) is 18.2 Å². The van der Waals surface area contributed by atoms with Gasteiger partial charge in [-0.15, -0.1) is 24.0 Å². The van der Waals surface area contributed by atoms with Crippen LogP contribution in [0.4, 0.5) is 0 Å². The van der Waals surface area contributed by atoms with Crippen molar-refractivity contribution in [3.8, 4) is 5.75 Å². The number of halogens is 1. The number of hydrogen-bond acceptors (Lipinski definition) is 5. The highest BCUT2D eigenvalue weighted by atomic mass is 127. The van der Waals surface area contributed by atoms with Crippen LogP contribution in [-0.4, -0.2) is 58.5 Å². The molecular formula is C20H33IN4O4. The summed E-state index contributed by atoms with van der Waals surface area (Å²) < 4.78 is 16.4. The Labute approximate surface area is 190 Å². The molecule has 1 aromatic rings. The zero-order valence-electron chi connectivity index (χ0n) is 17.0. The van der Waals surface area contributed by atoms with Crippen molar-refractivity contribution in [2.45, 2.75) is 25.8 Å². The minimum atomic E-state index is -0.495. The van der Waals surface area contributed by atoms with Gasteiger partial charge in [0.2, 0.25) is 0 Å². The molecule has 1 aromatic carbocycles. The first-order chi connectivity index (χ1) is 13.7. The normalized spacial score (nSPS) is 14.7. The fourth-order valence-electron chi connectivity index (χ4n) is 2.85. The van der Waals surface area contributed by atoms with Crippen LogP contribution in [0.1, 0.15) is 24.8 Å². The quantitative estimate of drug-likeness (QED) is 0.177. The van der Waals surface area contributed by atoms with Gasteiger partial charge >= 0.3 is 0 Å². The van der Waals surface area contributed by atoms with Crippen molar-refractivity contribution < 1.29 is 19.0 Å². The van der Waals surface area contributed by atoms with E-state index in [1.54, 1.807) is 13.1 Å². The number of hydrogen-bond donors (Lipinski definition) is 3. The van der Waals surface area contributed by atoms with Crippen LogP contribution < -0.4 is 21.1 Å². The fraction of sp³-hybridized carbons (Fsp3) is 0.600. The maximum atomic E-state index is 10.8. The van der Waals surface area contributed by atoms with E-state index >= 15 is 0 Å². The van der Waals surface area contributed by atoms with Gasteiger partial charge in [-0.3, -0.25) is 9.79 Å². The number of nitrogens with zero attached hydrogens (tertiary/aromatic N) is 1. The molecule has 1 aliphatic rings. The first-order valence-corrected chi connectivity index (χ1v) is 9.77. The minimum Gasteiger partial charge on any atom is -0.484 e. The Balaban J connectivity index is 0.00000420. The van der Waals surface area contributed by atoms with E-state index in [9.17, 15) is 4.79 Å². The summed E-state index contributed by atoms with van der Waals surface area (Å²) in [6, 6.07) is 7.51. The largest absolute Gasteiger partial charge is 0.484 e. The molecule has 1 fully saturated rings. The first-order valence-electron chi connectivity index (χ1n) is 9.77. The molecule has 0 aromatic heterocycles. The number of nitrogens with two attached hydrogens (primary N) is 1. The van der Waals surface area contributed by atoms with E-state index in [4.69, 9.17) is 19.9 Å². The predicted molar refractivity (Wildman–Crippen MR) is 124 cm³/mol. The molecular weight excluding hydrogens is 487 g/mol. The van der Waals surface area contributed by atoms with Crippen LogP contribution in [0.3, 0.4) is 0 Å². The first kappa shape index (κ1) is 25.4.